The lowest BCUT2D eigenvalue weighted by molar-refractivity contribution is 0.0754. The molecule has 1 aliphatic rings. The minimum absolute atomic E-state index is 0.435. The first kappa shape index (κ1) is 14.4. The molecule has 0 radical (unpaired) electrons. The first-order valence-electron chi connectivity index (χ1n) is 6.92. The van der Waals surface area contributed by atoms with Gasteiger partial charge in [0.1, 0.15) is 12.4 Å². The fourth-order valence-electron chi connectivity index (χ4n) is 2.41. The molecule has 4 nitrogen and oxygen atoms in total. The Morgan fingerprint density at radius 3 is 2.68 bits per heavy atom. The van der Waals surface area contributed by atoms with Crippen LogP contribution in [0.15, 0.2) is 24.3 Å². The van der Waals surface area contributed by atoms with Crippen molar-refractivity contribution in [3.8, 4) is 5.75 Å². The second-order valence-electron chi connectivity index (χ2n) is 5.02. The largest absolute Gasteiger partial charge is 0.491 e. The van der Waals surface area contributed by atoms with Crippen LogP contribution < -0.4 is 10.2 Å². The van der Waals surface area contributed by atoms with Crippen LogP contribution in [0.25, 0.3) is 0 Å². The first-order valence-corrected chi connectivity index (χ1v) is 6.92. The minimum atomic E-state index is -1.46. The summed E-state index contributed by atoms with van der Waals surface area (Å²) in [6.07, 6.45) is 5.25. The van der Waals surface area contributed by atoms with E-state index in [0.29, 0.717) is 24.4 Å². The molecule has 1 aromatic rings. The zero-order valence-corrected chi connectivity index (χ0v) is 11.1. The summed E-state index contributed by atoms with van der Waals surface area (Å²) >= 11 is 0. The summed E-state index contributed by atoms with van der Waals surface area (Å²) in [5, 5.41) is 18.1. The van der Waals surface area contributed by atoms with E-state index in [0.717, 1.165) is 12.5 Å². The number of ether oxygens (including phenoxy) is 2. The van der Waals surface area contributed by atoms with Crippen molar-refractivity contribution in [2.24, 2.45) is 5.92 Å². The molecule has 19 heavy (non-hydrogen) atoms. The highest BCUT2D eigenvalue weighted by Gasteiger charge is 2.14. The van der Waals surface area contributed by atoms with Gasteiger partial charge in [-0.3, -0.25) is 0 Å². The summed E-state index contributed by atoms with van der Waals surface area (Å²) in [5.41, 5.74) is 0.435. The van der Waals surface area contributed by atoms with E-state index < -0.39 is 7.12 Å². The van der Waals surface area contributed by atoms with Crippen LogP contribution in [0.1, 0.15) is 25.7 Å². The van der Waals surface area contributed by atoms with Gasteiger partial charge in [-0.1, -0.05) is 25.0 Å². The maximum atomic E-state index is 9.05. The van der Waals surface area contributed by atoms with E-state index in [-0.39, 0.29) is 0 Å². The van der Waals surface area contributed by atoms with Crippen molar-refractivity contribution < 1.29 is 19.5 Å². The SMILES string of the molecule is OB(O)c1cccc(OCCOCC2CCCC2)c1. The van der Waals surface area contributed by atoms with Gasteiger partial charge in [-0.25, -0.2) is 0 Å². The first-order chi connectivity index (χ1) is 9.25. The molecule has 2 N–H and O–H groups in total. The van der Waals surface area contributed by atoms with Crippen LogP contribution in [-0.2, 0) is 4.74 Å². The molecule has 0 atom stereocenters. The van der Waals surface area contributed by atoms with Gasteiger partial charge >= 0.3 is 7.12 Å². The molecule has 0 unspecified atom stereocenters. The number of hydrogen-bond acceptors (Lipinski definition) is 4. The molecular formula is C14H21BO4. The van der Waals surface area contributed by atoms with Crippen LogP contribution in [-0.4, -0.2) is 37.0 Å². The molecule has 104 valence electrons. The molecule has 1 aliphatic carbocycles. The Balaban J connectivity index is 1.63. The highest BCUT2D eigenvalue weighted by atomic mass is 16.5. The third-order valence-electron chi connectivity index (χ3n) is 3.48. The Bertz CT molecular complexity index is 377. The van der Waals surface area contributed by atoms with E-state index in [1.54, 1.807) is 24.3 Å². The molecule has 5 heteroatoms. The molecule has 0 amide bonds. The van der Waals surface area contributed by atoms with E-state index >= 15 is 0 Å². The molecule has 1 saturated carbocycles. The number of hydrogen-bond donors (Lipinski definition) is 2. The summed E-state index contributed by atoms with van der Waals surface area (Å²) in [6, 6.07) is 6.81. The Morgan fingerprint density at radius 1 is 1.16 bits per heavy atom. The average molecular weight is 264 g/mol. The number of benzene rings is 1. The molecule has 0 bridgehead atoms. The van der Waals surface area contributed by atoms with Crippen molar-refractivity contribution in [2.45, 2.75) is 25.7 Å². The number of rotatable bonds is 7. The molecule has 2 rings (SSSR count). The molecule has 0 aromatic heterocycles. The van der Waals surface area contributed by atoms with Gasteiger partial charge in [-0.15, -0.1) is 0 Å². The van der Waals surface area contributed by atoms with E-state index in [1.807, 2.05) is 0 Å². The molecule has 0 aliphatic heterocycles. The Kier molecular flexibility index (Phi) is 5.70. The van der Waals surface area contributed by atoms with Gasteiger partial charge in [0.2, 0.25) is 0 Å². The van der Waals surface area contributed by atoms with Crippen LogP contribution in [0, 0.1) is 5.92 Å². The van der Waals surface area contributed by atoms with Gasteiger partial charge in [-0.05, 0) is 36.4 Å². The summed E-state index contributed by atoms with van der Waals surface area (Å²) in [6.45, 7) is 1.89. The topological polar surface area (TPSA) is 58.9 Å². The third kappa shape index (κ3) is 4.86. The van der Waals surface area contributed by atoms with Gasteiger partial charge in [-0.2, -0.15) is 0 Å². The van der Waals surface area contributed by atoms with Crippen LogP contribution in [0.5, 0.6) is 5.75 Å². The van der Waals surface area contributed by atoms with Crippen molar-refractivity contribution in [1.82, 2.24) is 0 Å². The van der Waals surface area contributed by atoms with E-state index in [2.05, 4.69) is 0 Å². The smallest absolute Gasteiger partial charge is 0.488 e. The summed E-state index contributed by atoms with van der Waals surface area (Å²) < 4.78 is 11.1. The predicted molar refractivity (Wildman–Crippen MR) is 74.5 cm³/mol. The standard InChI is InChI=1S/C14H21BO4/c16-15(17)13-6-3-7-14(10-13)19-9-8-18-11-12-4-1-2-5-12/h3,6-7,10,12,16-17H,1-2,4-5,8-9,11H2. The van der Waals surface area contributed by atoms with E-state index in [9.17, 15) is 0 Å². The zero-order chi connectivity index (χ0) is 13.5. The predicted octanol–water partition coefficient (Wildman–Crippen LogP) is 0.952. The van der Waals surface area contributed by atoms with Crippen molar-refractivity contribution >= 4 is 12.6 Å². The van der Waals surface area contributed by atoms with Crippen molar-refractivity contribution in [3.63, 3.8) is 0 Å². The fraction of sp³-hybridized carbons (Fsp3) is 0.571. The van der Waals surface area contributed by atoms with Crippen LogP contribution in [0.4, 0.5) is 0 Å². The monoisotopic (exact) mass is 264 g/mol. The molecule has 0 heterocycles. The van der Waals surface area contributed by atoms with Crippen LogP contribution in [0.3, 0.4) is 0 Å². The summed E-state index contributed by atoms with van der Waals surface area (Å²) in [4.78, 5) is 0. The highest BCUT2D eigenvalue weighted by molar-refractivity contribution is 6.58. The zero-order valence-electron chi connectivity index (χ0n) is 11.1. The highest BCUT2D eigenvalue weighted by Crippen LogP contribution is 2.24. The lowest BCUT2D eigenvalue weighted by Gasteiger charge is -2.11. The van der Waals surface area contributed by atoms with Crippen LogP contribution >= 0.6 is 0 Å². The second-order valence-corrected chi connectivity index (χ2v) is 5.02. The van der Waals surface area contributed by atoms with E-state index in [1.165, 1.54) is 25.7 Å². The normalized spacial score (nSPS) is 15.7. The fourth-order valence-corrected chi connectivity index (χ4v) is 2.41. The molecule has 1 aromatic carbocycles. The van der Waals surface area contributed by atoms with Gasteiger partial charge in [0, 0.05) is 6.61 Å². The van der Waals surface area contributed by atoms with Gasteiger partial charge in [0.25, 0.3) is 0 Å². The summed E-state index contributed by atoms with van der Waals surface area (Å²) in [5.74, 6) is 1.36. The van der Waals surface area contributed by atoms with E-state index in [4.69, 9.17) is 19.5 Å². The molecule has 1 fully saturated rings. The third-order valence-corrected chi connectivity index (χ3v) is 3.48. The maximum Gasteiger partial charge on any atom is 0.488 e. The maximum absolute atomic E-state index is 9.05. The Hall–Kier alpha value is -1.04. The van der Waals surface area contributed by atoms with Crippen molar-refractivity contribution in [2.75, 3.05) is 19.8 Å². The quantitative estimate of drug-likeness (QED) is 0.568. The van der Waals surface area contributed by atoms with Gasteiger partial charge in [0.15, 0.2) is 0 Å². The van der Waals surface area contributed by atoms with Crippen molar-refractivity contribution in [3.05, 3.63) is 24.3 Å². The average Bonchev–Trinajstić information content (AvgIpc) is 2.92. The van der Waals surface area contributed by atoms with Gasteiger partial charge < -0.3 is 19.5 Å². The Labute approximate surface area is 114 Å². The second kappa shape index (κ2) is 7.53. The molecule has 0 saturated heterocycles. The minimum Gasteiger partial charge on any atom is -0.491 e. The van der Waals surface area contributed by atoms with Gasteiger partial charge in [0.05, 0.1) is 6.61 Å². The molecular weight excluding hydrogens is 243 g/mol. The lowest BCUT2D eigenvalue weighted by atomic mass is 9.80. The molecule has 0 spiro atoms. The summed E-state index contributed by atoms with van der Waals surface area (Å²) in [7, 11) is -1.46. The Morgan fingerprint density at radius 2 is 1.95 bits per heavy atom. The van der Waals surface area contributed by atoms with Crippen molar-refractivity contribution in [1.29, 1.82) is 0 Å². The lowest BCUT2D eigenvalue weighted by Crippen LogP contribution is -2.29. The van der Waals surface area contributed by atoms with Crippen LogP contribution in [0.2, 0.25) is 0 Å².